The molecule has 0 aliphatic carbocycles. The van der Waals surface area contributed by atoms with Crippen molar-refractivity contribution in [2.45, 2.75) is 11.8 Å². The molecule has 0 aliphatic rings. The van der Waals surface area contributed by atoms with Crippen LogP contribution in [0, 0.1) is 0 Å². The molecule has 122 valence electrons. The molecule has 0 saturated carbocycles. The lowest BCUT2D eigenvalue weighted by atomic mass is 10.3. The van der Waals surface area contributed by atoms with Crippen LogP contribution < -0.4 is 9.81 Å². The first-order chi connectivity index (χ1) is 10.1. The minimum atomic E-state index is -4.16. The minimum Gasteiger partial charge on any atom is -0.322 e. The molecule has 0 radical (unpaired) electrons. The van der Waals surface area contributed by atoms with Crippen LogP contribution in [0.3, 0.4) is 0 Å². The second kappa shape index (κ2) is 7.17. The molecule has 0 aromatic heterocycles. The molecule has 1 aromatic carbocycles. The zero-order valence-corrected chi connectivity index (χ0v) is 14.0. The third-order valence-corrected chi connectivity index (χ3v) is 6.19. The summed E-state index contributed by atoms with van der Waals surface area (Å²) in [5.74, 6) is -0.443. The fraction of sp³-hybridized carbons (Fsp3) is 0.250. The van der Waals surface area contributed by atoms with Crippen molar-refractivity contribution in [1.29, 1.82) is 0 Å². The molecule has 10 heteroatoms. The molecule has 0 fully saturated rings. The Hall–Kier alpha value is -1.51. The second-order valence-corrected chi connectivity index (χ2v) is 8.15. The Morgan fingerprint density at radius 1 is 1.27 bits per heavy atom. The highest BCUT2D eigenvalue weighted by molar-refractivity contribution is 7.94. The Kier molecular flexibility index (Phi) is 6.04. The van der Waals surface area contributed by atoms with Crippen molar-refractivity contribution in [2.75, 3.05) is 19.5 Å². The molecular formula is C12H17N2O6PS. The lowest BCUT2D eigenvalue weighted by molar-refractivity contribution is -0.112. The normalized spacial score (nSPS) is 12.0. The summed E-state index contributed by atoms with van der Waals surface area (Å²) in [6.07, 6.45) is 0. The van der Waals surface area contributed by atoms with Crippen LogP contribution in [-0.2, 0) is 28.4 Å². The van der Waals surface area contributed by atoms with Gasteiger partial charge in [0.2, 0.25) is 10.0 Å². The number of nitrogens with one attached hydrogen (secondary N) is 2. The molecule has 0 heterocycles. The first-order valence-corrected chi connectivity index (χ1v) is 8.98. The quantitative estimate of drug-likeness (QED) is 0.575. The molecule has 0 spiro atoms. The van der Waals surface area contributed by atoms with Gasteiger partial charge >= 0.3 is 7.75 Å². The van der Waals surface area contributed by atoms with E-state index < -0.39 is 23.7 Å². The van der Waals surface area contributed by atoms with E-state index in [2.05, 4.69) is 20.9 Å². The number of amides is 1. The van der Waals surface area contributed by atoms with Crippen LogP contribution in [0.1, 0.15) is 6.92 Å². The molecule has 0 aliphatic heterocycles. The van der Waals surface area contributed by atoms with E-state index in [0.717, 1.165) is 14.2 Å². The van der Waals surface area contributed by atoms with E-state index in [9.17, 15) is 17.8 Å². The van der Waals surface area contributed by atoms with E-state index in [-0.39, 0.29) is 16.2 Å². The molecule has 0 saturated heterocycles. The van der Waals surface area contributed by atoms with Crippen LogP contribution in [0.5, 0.6) is 0 Å². The van der Waals surface area contributed by atoms with Crippen LogP contribution in [-0.4, -0.2) is 28.5 Å². The third-order valence-electron chi connectivity index (χ3n) is 2.50. The van der Waals surface area contributed by atoms with E-state index in [1.54, 1.807) is 0 Å². The van der Waals surface area contributed by atoms with Crippen molar-refractivity contribution < 1.29 is 26.8 Å². The van der Waals surface area contributed by atoms with Crippen molar-refractivity contribution in [3.63, 3.8) is 0 Å². The molecule has 0 bridgehead atoms. The highest BCUT2D eigenvalue weighted by Crippen LogP contribution is 2.43. The number of hydrogen-bond donors (Lipinski definition) is 2. The third kappa shape index (κ3) is 4.75. The Morgan fingerprint density at radius 3 is 2.36 bits per heavy atom. The molecule has 1 aromatic rings. The maximum Gasteiger partial charge on any atom is 0.418 e. The maximum atomic E-state index is 12.2. The van der Waals surface area contributed by atoms with Gasteiger partial charge < -0.3 is 5.32 Å². The number of hydrogen-bond acceptors (Lipinski definition) is 6. The van der Waals surface area contributed by atoms with Gasteiger partial charge in [0.25, 0.3) is 5.91 Å². The smallest absolute Gasteiger partial charge is 0.322 e. The summed E-state index contributed by atoms with van der Waals surface area (Å²) in [6, 6.07) is 5.41. The SMILES string of the molecule is C=C(C)C(=O)Nc1cccc(S(=O)(=O)NP(=O)(OC)OC)c1. The van der Waals surface area contributed by atoms with Crippen LogP contribution in [0.2, 0.25) is 0 Å². The van der Waals surface area contributed by atoms with Crippen molar-refractivity contribution >= 4 is 29.4 Å². The van der Waals surface area contributed by atoms with Gasteiger partial charge in [0.1, 0.15) is 0 Å². The van der Waals surface area contributed by atoms with Crippen molar-refractivity contribution in [2.24, 2.45) is 0 Å². The molecule has 2 N–H and O–H groups in total. The molecule has 0 atom stereocenters. The fourth-order valence-electron chi connectivity index (χ4n) is 1.33. The van der Waals surface area contributed by atoms with Gasteiger partial charge in [0.15, 0.2) is 0 Å². The van der Waals surface area contributed by atoms with Crippen LogP contribution in [0.15, 0.2) is 41.3 Å². The predicted octanol–water partition coefficient (Wildman–Crippen LogP) is 1.88. The average molecular weight is 348 g/mol. The summed E-state index contributed by atoms with van der Waals surface area (Å²) in [4.78, 5) is 11.3. The van der Waals surface area contributed by atoms with Crippen molar-refractivity contribution in [3.8, 4) is 0 Å². The van der Waals surface area contributed by atoms with Crippen LogP contribution >= 0.6 is 7.75 Å². The van der Waals surface area contributed by atoms with Gasteiger partial charge in [-0.3, -0.25) is 13.8 Å². The van der Waals surface area contributed by atoms with Crippen molar-refractivity contribution in [1.82, 2.24) is 4.49 Å². The standard InChI is InChI=1S/C12H17N2O6PS/c1-9(2)12(15)13-10-6-5-7-11(8-10)22(17,18)14-21(16,19-3)20-4/h5-8H,1H2,2-4H3,(H,13,15)(H,14,16). The molecule has 22 heavy (non-hydrogen) atoms. The number of carbonyl (C=O) groups is 1. The number of anilines is 1. The fourth-order valence-corrected chi connectivity index (χ4v) is 4.21. The maximum absolute atomic E-state index is 12.2. The van der Waals surface area contributed by atoms with E-state index in [1.807, 2.05) is 4.49 Å². The highest BCUT2D eigenvalue weighted by atomic mass is 32.2. The summed E-state index contributed by atoms with van der Waals surface area (Å²) in [7, 11) is -6.02. The van der Waals surface area contributed by atoms with Gasteiger partial charge in [-0.15, -0.1) is 4.49 Å². The zero-order chi connectivity index (χ0) is 17.0. The number of sulfonamides is 1. The Balaban J connectivity index is 3.09. The number of rotatable bonds is 7. The summed E-state index contributed by atoms with van der Waals surface area (Å²) in [6.45, 7) is 5.00. The van der Waals surface area contributed by atoms with Gasteiger partial charge in [0.05, 0.1) is 4.90 Å². The van der Waals surface area contributed by atoms with Gasteiger partial charge in [0, 0.05) is 25.5 Å². The molecule has 8 nitrogen and oxygen atoms in total. The Labute approximate surface area is 129 Å². The van der Waals surface area contributed by atoms with Gasteiger partial charge in [-0.25, -0.2) is 13.0 Å². The lowest BCUT2D eigenvalue weighted by Gasteiger charge is -2.15. The minimum absolute atomic E-state index is 0.207. The topological polar surface area (TPSA) is 111 Å². The summed E-state index contributed by atoms with van der Waals surface area (Å²) in [5.41, 5.74) is 0.523. The Bertz CT molecular complexity index is 723. The molecule has 1 rings (SSSR count). The molecule has 1 amide bonds. The predicted molar refractivity (Wildman–Crippen MR) is 81.8 cm³/mol. The first-order valence-electron chi connectivity index (χ1n) is 5.96. The summed E-state index contributed by atoms with van der Waals surface area (Å²) < 4.78 is 47.1. The van der Waals surface area contributed by atoms with E-state index >= 15 is 0 Å². The van der Waals surface area contributed by atoms with Crippen LogP contribution in [0.4, 0.5) is 5.69 Å². The molecular weight excluding hydrogens is 331 g/mol. The number of carbonyl (C=O) groups excluding carboxylic acids is 1. The van der Waals surface area contributed by atoms with Gasteiger partial charge in [-0.2, -0.15) is 0 Å². The second-order valence-electron chi connectivity index (χ2n) is 4.22. The van der Waals surface area contributed by atoms with Gasteiger partial charge in [-0.05, 0) is 25.1 Å². The van der Waals surface area contributed by atoms with E-state index in [0.29, 0.717) is 0 Å². The van der Waals surface area contributed by atoms with Crippen molar-refractivity contribution in [3.05, 3.63) is 36.4 Å². The monoisotopic (exact) mass is 348 g/mol. The number of benzene rings is 1. The molecule has 0 unspecified atom stereocenters. The van der Waals surface area contributed by atoms with Crippen LogP contribution in [0.25, 0.3) is 0 Å². The highest BCUT2D eigenvalue weighted by Gasteiger charge is 2.30. The Morgan fingerprint density at radius 2 is 1.86 bits per heavy atom. The largest absolute Gasteiger partial charge is 0.418 e. The average Bonchev–Trinajstić information content (AvgIpc) is 2.47. The summed E-state index contributed by atoms with van der Waals surface area (Å²) in [5, 5.41) is 2.48. The van der Waals surface area contributed by atoms with E-state index in [1.165, 1.54) is 31.2 Å². The first kappa shape index (κ1) is 18.5. The van der Waals surface area contributed by atoms with Gasteiger partial charge in [-0.1, -0.05) is 12.6 Å². The zero-order valence-electron chi connectivity index (χ0n) is 12.3. The summed E-state index contributed by atoms with van der Waals surface area (Å²) >= 11 is 0. The lowest BCUT2D eigenvalue weighted by Crippen LogP contribution is -2.22. The van der Waals surface area contributed by atoms with E-state index in [4.69, 9.17) is 0 Å².